The molecule has 0 aliphatic carbocycles. The molecule has 0 fully saturated rings. The first kappa shape index (κ1) is 80.1. The Kier molecular flexibility index (Phi) is 37.3. The zero-order chi connectivity index (χ0) is 70.3. The lowest BCUT2D eigenvalue weighted by molar-refractivity contribution is 0.228. The van der Waals surface area contributed by atoms with E-state index in [1.807, 2.05) is 12.2 Å². The van der Waals surface area contributed by atoms with E-state index in [4.69, 9.17) is 28.4 Å². The van der Waals surface area contributed by atoms with Crippen LogP contribution in [0.25, 0.3) is 69.8 Å². The minimum absolute atomic E-state index is 0.448. The van der Waals surface area contributed by atoms with Crippen LogP contribution >= 0.6 is 0 Å². The van der Waals surface area contributed by atoms with Gasteiger partial charge in [0.05, 0.1) is 39.6 Å². The molecule has 0 N–H and O–H groups in total. The van der Waals surface area contributed by atoms with Crippen LogP contribution in [0.4, 0.5) is 0 Å². The SMILES string of the molecule is C=Cc1ccc(/C=C/c2ccc(/C=C/c3ccc(C=C)c(-c4cc(OCC(CC)CCCC)ccc4OCC(CC)CCCC)c3)c(-c3cc(OCC(CC)CCCC)ccc3OCC(CC)CCCC)c2)c(-c2cc(OCC(CC)CCCC)ccc2OCC(CC)CCCC)c1. The van der Waals surface area contributed by atoms with Crippen molar-refractivity contribution >= 4 is 36.5 Å². The second-order valence-electron chi connectivity index (χ2n) is 28.0. The Bertz CT molecular complexity index is 3310. The van der Waals surface area contributed by atoms with Crippen molar-refractivity contribution in [3.8, 4) is 67.9 Å². The van der Waals surface area contributed by atoms with Crippen molar-refractivity contribution in [2.45, 2.75) is 237 Å². The van der Waals surface area contributed by atoms with Crippen molar-refractivity contribution in [3.63, 3.8) is 0 Å². The lowest BCUT2D eigenvalue weighted by Crippen LogP contribution is -2.13. The van der Waals surface area contributed by atoms with Crippen molar-refractivity contribution in [2.24, 2.45) is 35.5 Å². The van der Waals surface area contributed by atoms with E-state index in [1.165, 1.54) is 83.5 Å². The predicted octanol–water partition coefficient (Wildman–Crippen LogP) is 27.9. The Morgan fingerprint density at radius 3 is 0.806 bits per heavy atom. The molecule has 0 bridgehead atoms. The van der Waals surface area contributed by atoms with Gasteiger partial charge >= 0.3 is 0 Å². The summed E-state index contributed by atoms with van der Waals surface area (Å²) in [6.45, 7) is 40.0. The Labute approximate surface area is 597 Å². The van der Waals surface area contributed by atoms with Gasteiger partial charge in [0.25, 0.3) is 0 Å². The fraction of sp³-hybridized carbons (Fsp3) is 0.522. The lowest BCUT2D eigenvalue weighted by atomic mass is 9.93. The molecular weight excluding hydrogens is 1200 g/mol. The summed E-state index contributed by atoms with van der Waals surface area (Å²) in [6, 6.07) is 39.6. The van der Waals surface area contributed by atoms with Gasteiger partial charge in [-0.2, -0.15) is 0 Å². The van der Waals surface area contributed by atoms with Crippen LogP contribution in [0, 0.1) is 35.5 Å². The minimum Gasteiger partial charge on any atom is -0.493 e. The summed E-state index contributed by atoms with van der Waals surface area (Å²) < 4.78 is 41.1. The molecule has 534 valence electrons. The molecule has 0 aromatic heterocycles. The summed E-state index contributed by atoms with van der Waals surface area (Å²) in [4.78, 5) is 0. The average molecular weight is 1330 g/mol. The zero-order valence-electron chi connectivity index (χ0n) is 63.4. The number of hydrogen-bond donors (Lipinski definition) is 0. The van der Waals surface area contributed by atoms with Gasteiger partial charge in [-0.05, 0) is 197 Å². The summed E-state index contributed by atoms with van der Waals surface area (Å²) in [7, 11) is 0. The second kappa shape index (κ2) is 45.7. The van der Waals surface area contributed by atoms with Crippen LogP contribution in [0.15, 0.2) is 122 Å². The third-order valence-electron chi connectivity index (χ3n) is 20.5. The summed E-state index contributed by atoms with van der Waals surface area (Å²) in [5.41, 5.74) is 12.6. The summed E-state index contributed by atoms with van der Waals surface area (Å²) >= 11 is 0. The smallest absolute Gasteiger partial charge is 0.127 e. The molecule has 0 radical (unpaired) electrons. The maximum Gasteiger partial charge on any atom is 0.127 e. The van der Waals surface area contributed by atoms with E-state index >= 15 is 0 Å². The minimum atomic E-state index is 0.448. The molecule has 6 atom stereocenters. The highest BCUT2D eigenvalue weighted by atomic mass is 16.5. The summed E-state index contributed by atoms with van der Waals surface area (Å²) in [5, 5.41) is 0. The first-order valence-electron chi connectivity index (χ1n) is 39.2. The van der Waals surface area contributed by atoms with E-state index in [2.05, 4.69) is 230 Å². The Morgan fingerprint density at radius 2 is 0.531 bits per heavy atom. The van der Waals surface area contributed by atoms with Crippen LogP contribution in [-0.4, -0.2) is 39.6 Å². The molecule has 98 heavy (non-hydrogen) atoms. The van der Waals surface area contributed by atoms with Gasteiger partial charge in [-0.1, -0.05) is 285 Å². The molecule has 6 unspecified atom stereocenters. The maximum absolute atomic E-state index is 7.07. The van der Waals surface area contributed by atoms with Gasteiger partial charge in [0, 0.05) is 16.7 Å². The first-order valence-corrected chi connectivity index (χ1v) is 39.2. The van der Waals surface area contributed by atoms with E-state index in [9.17, 15) is 0 Å². The normalized spacial score (nSPS) is 13.5. The van der Waals surface area contributed by atoms with Crippen molar-refractivity contribution in [3.05, 3.63) is 156 Å². The van der Waals surface area contributed by atoms with Crippen LogP contribution in [0.2, 0.25) is 0 Å². The second-order valence-corrected chi connectivity index (χ2v) is 28.0. The fourth-order valence-electron chi connectivity index (χ4n) is 13.1. The molecule has 6 heteroatoms. The maximum atomic E-state index is 7.07. The van der Waals surface area contributed by atoms with E-state index in [0.717, 1.165) is 172 Å². The molecule has 6 nitrogen and oxygen atoms in total. The number of ether oxygens (including phenoxy) is 6. The third kappa shape index (κ3) is 26.0. The number of rotatable bonds is 51. The Morgan fingerprint density at radius 1 is 0.265 bits per heavy atom. The number of unbranched alkanes of at least 4 members (excludes halogenated alkanes) is 6. The van der Waals surface area contributed by atoms with Crippen molar-refractivity contribution in [1.29, 1.82) is 0 Å². The average Bonchev–Trinajstić information content (AvgIpc) is 0.808. The highest BCUT2D eigenvalue weighted by Crippen LogP contribution is 2.43. The summed E-state index contributed by atoms with van der Waals surface area (Å²) in [5.74, 6) is 8.07. The highest BCUT2D eigenvalue weighted by molar-refractivity contribution is 5.90. The molecule has 0 saturated carbocycles. The van der Waals surface area contributed by atoms with E-state index < -0.39 is 0 Å². The van der Waals surface area contributed by atoms with Gasteiger partial charge in [0.1, 0.15) is 34.5 Å². The van der Waals surface area contributed by atoms with Crippen LogP contribution in [0.3, 0.4) is 0 Å². The Balaban J connectivity index is 1.54. The van der Waals surface area contributed by atoms with Crippen molar-refractivity contribution in [2.75, 3.05) is 39.6 Å². The zero-order valence-corrected chi connectivity index (χ0v) is 63.4. The van der Waals surface area contributed by atoms with Gasteiger partial charge in [0.2, 0.25) is 0 Å². The predicted molar refractivity (Wildman–Crippen MR) is 426 cm³/mol. The van der Waals surface area contributed by atoms with Gasteiger partial charge in [-0.25, -0.2) is 0 Å². The molecule has 0 aliphatic rings. The van der Waals surface area contributed by atoms with Crippen LogP contribution < -0.4 is 28.4 Å². The van der Waals surface area contributed by atoms with E-state index in [0.29, 0.717) is 75.1 Å². The molecule has 0 heterocycles. The molecule has 0 saturated heterocycles. The molecule has 6 aromatic rings. The van der Waals surface area contributed by atoms with Crippen molar-refractivity contribution in [1.82, 2.24) is 0 Å². The van der Waals surface area contributed by atoms with Crippen LogP contribution in [0.5, 0.6) is 34.5 Å². The molecule has 0 amide bonds. The molecule has 0 aliphatic heterocycles. The number of benzene rings is 6. The van der Waals surface area contributed by atoms with E-state index in [1.54, 1.807) is 0 Å². The monoisotopic (exact) mass is 1330 g/mol. The molecule has 0 spiro atoms. The fourth-order valence-corrected chi connectivity index (χ4v) is 13.1. The molecular formula is C92H130O6. The Hall–Kier alpha value is -6.92. The quantitative estimate of drug-likeness (QED) is 0.0355. The van der Waals surface area contributed by atoms with Crippen LogP contribution in [0.1, 0.15) is 271 Å². The highest BCUT2D eigenvalue weighted by Gasteiger charge is 2.21. The third-order valence-corrected chi connectivity index (χ3v) is 20.5. The van der Waals surface area contributed by atoms with Crippen molar-refractivity contribution < 1.29 is 28.4 Å². The standard InChI is InChI=1S/C92H130O6/c1-15-29-35-70(22-8)63-93-81-51-54-90(96-66-73(25-11)38-32-18-4)87(60-81)84-58-76(42-46-78(84)28-14)43-49-80-50-45-77(59-86(80)89-62-83(95-65-72(24-10)37-31-17-3)53-56-92(89)98-68-75(27-13)40-34-20-6)44-48-79-47-41-69(21-7)57-85(79)88-61-82(94-64-71(23-9)36-30-16-2)52-55-91(88)97-67-74(26-12)39-33-19-5/h21,28,41-62,70-75H,7,14-20,22-27,29-40,63-68H2,1-6,8-13H3/b48-44+,49-43+. The van der Waals surface area contributed by atoms with Gasteiger partial charge in [-0.3, -0.25) is 0 Å². The molecule has 6 aromatic carbocycles. The largest absolute Gasteiger partial charge is 0.493 e. The van der Waals surface area contributed by atoms with Crippen LogP contribution in [-0.2, 0) is 0 Å². The van der Waals surface area contributed by atoms with Gasteiger partial charge in [-0.15, -0.1) is 0 Å². The lowest BCUT2D eigenvalue weighted by Gasteiger charge is -2.21. The first-order chi connectivity index (χ1) is 47.9. The van der Waals surface area contributed by atoms with E-state index in [-0.39, 0.29) is 0 Å². The van der Waals surface area contributed by atoms with Gasteiger partial charge < -0.3 is 28.4 Å². The topological polar surface area (TPSA) is 55.4 Å². The molecule has 6 rings (SSSR count). The number of hydrogen-bond acceptors (Lipinski definition) is 6. The summed E-state index contributed by atoms with van der Waals surface area (Å²) in [6.07, 6.45) is 40.7. The van der Waals surface area contributed by atoms with Gasteiger partial charge in [0.15, 0.2) is 0 Å².